The van der Waals surface area contributed by atoms with Gasteiger partial charge in [0.25, 0.3) is 0 Å². The van der Waals surface area contributed by atoms with E-state index in [4.69, 9.17) is 9.47 Å². The van der Waals surface area contributed by atoms with Crippen LogP contribution in [0.2, 0.25) is 0 Å². The molecule has 1 fully saturated rings. The van der Waals surface area contributed by atoms with Gasteiger partial charge in [0.15, 0.2) is 5.13 Å². The Labute approximate surface area is 149 Å². The van der Waals surface area contributed by atoms with Crippen LogP contribution in [-0.4, -0.2) is 36.8 Å². The molecule has 4 rings (SSSR count). The number of thiazole rings is 1. The average molecular weight is 354 g/mol. The Morgan fingerprint density at radius 2 is 1.96 bits per heavy atom. The number of carbonyl (C=O) groups excluding carboxylic acids is 1. The summed E-state index contributed by atoms with van der Waals surface area (Å²) in [7, 11) is 0. The maximum Gasteiger partial charge on any atom is 0.338 e. The fraction of sp³-hybridized carbons (Fsp3) is 0.263. The maximum atomic E-state index is 12.2. The molecule has 1 aliphatic rings. The summed E-state index contributed by atoms with van der Waals surface area (Å²) in [4.78, 5) is 19.0. The molecule has 2 aromatic carbocycles. The molecule has 0 amide bonds. The number of para-hydroxylation sites is 1. The number of rotatable bonds is 5. The third-order valence-electron chi connectivity index (χ3n) is 4.08. The Balaban J connectivity index is 1.33. The molecule has 6 heteroatoms. The van der Waals surface area contributed by atoms with Crippen molar-refractivity contribution in [2.75, 3.05) is 24.6 Å². The molecule has 0 saturated carbocycles. The van der Waals surface area contributed by atoms with Gasteiger partial charge in [-0.3, -0.25) is 0 Å². The molecule has 25 heavy (non-hydrogen) atoms. The minimum Gasteiger partial charge on any atom is -0.494 e. The third kappa shape index (κ3) is 3.30. The van der Waals surface area contributed by atoms with Crippen LogP contribution in [0.15, 0.2) is 48.5 Å². The number of hydrogen-bond acceptors (Lipinski definition) is 6. The summed E-state index contributed by atoms with van der Waals surface area (Å²) >= 11 is 1.67. The highest BCUT2D eigenvalue weighted by atomic mass is 32.1. The van der Waals surface area contributed by atoms with E-state index in [0.717, 1.165) is 16.4 Å². The summed E-state index contributed by atoms with van der Waals surface area (Å²) in [5.74, 6) is 0.460. The molecular weight excluding hydrogens is 336 g/mol. The lowest BCUT2D eigenvalue weighted by atomic mass is 10.1. The zero-order valence-electron chi connectivity index (χ0n) is 13.8. The van der Waals surface area contributed by atoms with Gasteiger partial charge in [-0.05, 0) is 43.3 Å². The van der Waals surface area contributed by atoms with Crippen molar-refractivity contribution in [1.82, 2.24) is 4.98 Å². The van der Waals surface area contributed by atoms with Crippen molar-refractivity contribution in [2.45, 2.75) is 13.0 Å². The summed E-state index contributed by atoms with van der Waals surface area (Å²) in [6.45, 7) is 3.90. The molecule has 2 heterocycles. The van der Waals surface area contributed by atoms with Crippen LogP contribution >= 0.6 is 11.3 Å². The second-order valence-corrected chi connectivity index (χ2v) is 6.86. The zero-order chi connectivity index (χ0) is 17.2. The number of anilines is 1. The topological polar surface area (TPSA) is 51.7 Å². The summed E-state index contributed by atoms with van der Waals surface area (Å²) in [6.07, 6.45) is -0.0916. The van der Waals surface area contributed by atoms with E-state index in [2.05, 4.69) is 16.0 Å². The summed E-state index contributed by atoms with van der Waals surface area (Å²) in [5, 5.41) is 0.981. The van der Waals surface area contributed by atoms with E-state index in [1.807, 2.05) is 25.1 Å². The number of hydrogen-bond donors (Lipinski definition) is 0. The summed E-state index contributed by atoms with van der Waals surface area (Å²) < 4.78 is 12.1. The SMILES string of the molecule is CCOc1ccc(C(=O)OC2CN(c3nc4ccccc4s3)C2)cc1. The number of benzene rings is 2. The van der Waals surface area contributed by atoms with E-state index in [1.54, 1.807) is 35.6 Å². The lowest BCUT2D eigenvalue weighted by Gasteiger charge is -2.38. The molecule has 0 bridgehead atoms. The van der Waals surface area contributed by atoms with Crippen LogP contribution in [0.3, 0.4) is 0 Å². The Morgan fingerprint density at radius 1 is 1.20 bits per heavy atom. The molecule has 0 aliphatic carbocycles. The van der Waals surface area contributed by atoms with Crippen molar-refractivity contribution in [2.24, 2.45) is 0 Å². The van der Waals surface area contributed by atoms with Gasteiger partial charge in [-0.15, -0.1) is 0 Å². The van der Waals surface area contributed by atoms with Crippen molar-refractivity contribution < 1.29 is 14.3 Å². The van der Waals surface area contributed by atoms with Crippen LogP contribution in [-0.2, 0) is 4.74 Å². The molecule has 0 radical (unpaired) electrons. The van der Waals surface area contributed by atoms with Crippen LogP contribution in [0.5, 0.6) is 5.75 Å². The number of aromatic nitrogens is 1. The number of fused-ring (bicyclic) bond motifs is 1. The molecular formula is C19H18N2O3S. The second kappa shape index (κ2) is 6.72. The van der Waals surface area contributed by atoms with Crippen molar-refractivity contribution in [3.63, 3.8) is 0 Å². The lowest BCUT2D eigenvalue weighted by molar-refractivity contribution is 0.0234. The molecule has 0 unspecified atom stereocenters. The highest BCUT2D eigenvalue weighted by Gasteiger charge is 2.32. The van der Waals surface area contributed by atoms with Crippen LogP contribution in [0, 0.1) is 0 Å². The molecule has 128 valence electrons. The van der Waals surface area contributed by atoms with E-state index >= 15 is 0 Å². The minimum atomic E-state index is -0.294. The minimum absolute atomic E-state index is 0.0916. The van der Waals surface area contributed by atoms with E-state index in [9.17, 15) is 4.79 Å². The predicted molar refractivity (Wildman–Crippen MR) is 98.6 cm³/mol. The van der Waals surface area contributed by atoms with E-state index in [1.165, 1.54) is 4.70 Å². The lowest BCUT2D eigenvalue weighted by Crippen LogP contribution is -2.53. The normalized spacial score (nSPS) is 14.4. The monoisotopic (exact) mass is 354 g/mol. The molecule has 0 atom stereocenters. The number of nitrogens with zero attached hydrogens (tertiary/aromatic N) is 2. The highest BCUT2D eigenvalue weighted by molar-refractivity contribution is 7.22. The first-order chi connectivity index (χ1) is 12.2. The molecule has 3 aromatic rings. The predicted octanol–water partition coefficient (Wildman–Crippen LogP) is 3.74. The van der Waals surface area contributed by atoms with Crippen LogP contribution < -0.4 is 9.64 Å². The first-order valence-corrected chi connectivity index (χ1v) is 9.09. The Hall–Kier alpha value is -2.60. The molecule has 0 N–H and O–H groups in total. The van der Waals surface area contributed by atoms with Crippen LogP contribution in [0.25, 0.3) is 10.2 Å². The van der Waals surface area contributed by atoms with Gasteiger partial charge in [0, 0.05) is 0 Å². The summed E-state index contributed by atoms with van der Waals surface area (Å²) in [6, 6.07) is 15.1. The standard InChI is InChI=1S/C19H18N2O3S/c1-2-23-14-9-7-13(8-10-14)18(22)24-15-11-21(12-15)19-20-16-5-3-4-6-17(16)25-19/h3-10,15H,2,11-12H2,1H3. The van der Waals surface area contributed by atoms with Gasteiger partial charge >= 0.3 is 5.97 Å². The van der Waals surface area contributed by atoms with Gasteiger partial charge in [-0.25, -0.2) is 9.78 Å². The van der Waals surface area contributed by atoms with Gasteiger partial charge < -0.3 is 14.4 Å². The van der Waals surface area contributed by atoms with E-state index < -0.39 is 0 Å². The van der Waals surface area contributed by atoms with Crippen LogP contribution in [0.4, 0.5) is 5.13 Å². The van der Waals surface area contributed by atoms with Crippen molar-refractivity contribution in [1.29, 1.82) is 0 Å². The Bertz CT molecular complexity index is 852. The fourth-order valence-electron chi connectivity index (χ4n) is 2.74. The molecule has 5 nitrogen and oxygen atoms in total. The second-order valence-electron chi connectivity index (χ2n) is 5.85. The largest absolute Gasteiger partial charge is 0.494 e. The first-order valence-electron chi connectivity index (χ1n) is 8.27. The number of ether oxygens (including phenoxy) is 2. The van der Waals surface area contributed by atoms with Gasteiger partial charge in [0.05, 0.1) is 35.5 Å². The highest BCUT2D eigenvalue weighted by Crippen LogP contribution is 2.31. The Morgan fingerprint density at radius 3 is 2.68 bits per heavy atom. The average Bonchev–Trinajstić information content (AvgIpc) is 3.02. The number of esters is 1. The Kier molecular flexibility index (Phi) is 4.28. The molecule has 1 aromatic heterocycles. The fourth-order valence-corrected chi connectivity index (χ4v) is 3.72. The van der Waals surface area contributed by atoms with Crippen molar-refractivity contribution in [3.05, 3.63) is 54.1 Å². The van der Waals surface area contributed by atoms with Crippen molar-refractivity contribution >= 4 is 32.7 Å². The van der Waals surface area contributed by atoms with Gasteiger partial charge in [-0.1, -0.05) is 23.5 Å². The van der Waals surface area contributed by atoms with E-state index in [0.29, 0.717) is 25.3 Å². The van der Waals surface area contributed by atoms with Gasteiger partial charge in [-0.2, -0.15) is 0 Å². The number of carbonyl (C=O) groups is 1. The molecule has 1 aliphatic heterocycles. The molecule has 1 saturated heterocycles. The maximum absolute atomic E-state index is 12.2. The van der Waals surface area contributed by atoms with Gasteiger partial charge in [0.2, 0.25) is 0 Å². The van der Waals surface area contributed by atoms with E-state index in [-0.39, 0.29) is 12.1 Å². The smallest absolute Gasteiger partial charge is 0.338 e. The summed E-state index contributed by atoms with van der Waals surface area (Å²) in [5.41, 5.74) is 1.55. The first kappa shape index (κ1) is 15.9. The van der Waals surface area contributed by atoms with Crippen molar-refractivity contribution in [3.8, 4) is 5.75 Å². The van der Waals surface area contributed by atoms with Crippen LogP contribution in [0.1, 0.15) is 17.3 Å². The molecule has 0 spiro atoms. The zero-order valence-corrected chi connectivity index (χ0v) is 14.7. The third-order valence-corrected chi connectivity index (χ3v) is 5.17. The van der Waals surface area contributed by atoms with Gasteiger partial charge in [0.1, 0.15) is 11.9 Å². The quantitative estimate of drug-likeness (QED) is 0.653.